The fourth-order valence-electron chi connectivity index (χ4n) is 2.20. The van der Waals surface area contributed by atoms with E-state index in [1.54, 1.807) is 0 Å². The third-order valence-corrected chi connectivity index (χ3v) is 2.95. The van der Waals surface area contributed by atoms with Crippen LogP contribution in [0.2, 0.25) is 0 Å². The summed E-state index contributed by atoms with van der Waals surface area (Å²) in [5, 5.41) is 0. The Morgan fingerprint density at radius 1 is 1.06 bits per heavy atom. The molecule has 1 aromatic heterocycles. The highest BCUT2D eigenvalue weighted by Gasteiger charge is 2.08. The molecule has 0 fully saturated rings. The molecule has 1 heterocycles. The SMILES string of the molecule is CCOc1ccc(-c2cc(C)[nH]c2C)c(C)c1. The van der Waals surface area contributed by atoms with E-state index in [-0.39, 0.29) is 0 Å². The molecule has 1 aromatic carbocycles. The number of H-pyrrole nitrogens is 1. The maximum Gasteiger partial charge on any atom is 0.119 e. The van der Waals surface area contributed by atoms with Crippen molar-refractivity contribution in [3.8, 4) is 16.9 Å². The molecular weight excluding hydrogens is 210 g/mol. The van der Waals surface area contributed by atoms with Gasteiger partial charge in [0.25, 0.3) is 0 Å². The van der Waals surface area contributed by atoms with Crippen LogP contribution in [0.25, 0.3) is 11.1 Å². The van der Waals surface area contributed by atoms with Crippen molar-refractivity contribution < 1.29 is 4.74 Å². The summed E-state index contributed by atoms with van der Waals surface area (Å²) in [7, 11) is 0. The Kier molecular flexibility index (Phi) is 3.23. The molecule has 0 saturated carbocycles. The fraction of sp³-hybridized carbons (Fsp3) is 0.333. The number of aromatic nitrogens is 1. The summed E-state index contributed by atoms with van der Waals surface area (Å²) in [5.74, 6) is 0.943. The molecule has 2 nitrogen and oxygen atoms in total. The molecule has 0 radical (unpaired) electrons. The molecule has 2 rings (SSSR count). The van der Waals surface area contributed by atoms with Gasteiger partial charge in [-0.15, -0.1) is 0 Å². The van der Waals surface area contributed by atoms with Gasteiger partial charge < -0.3 is 9.72 Å². The molecule has 0 aliphatic heterocycles. The van der Waals surface area contributed by atoms with Crippen LogP contribution in [0.5, 0.6) is 5.75 Å². The summed E-state index contributed by atoms with van der Waals surface area (Å²) in [5.41, 5.74) is 6.22. The Labute approximate surface area is 103 Å². The molecule has 0 aliphatic carbocycles. The van der Waals surface area contributed by atoms with Crippen LogP contribution in [0.1, 0.15) is 23.9 Å². The van der Waals surface area contributed by atoms with Crippen LogP contribution in [0.15, 0.2) is 24.3 Å². The lowest BCUT2D eigenvalue weighted by atomic mass is 10.0. The maximum atomic E-state index is 5.51. The first-order valence-corrected chi connectivity index (χ1v) is 6.02. The van der Waals surface area contributed by atoms with Crippen LogP contribution in [0.4, 0.5) is 0 Å². The van der Waals surface area contributed by atoms with Crippen LogP contribution in [0.3, 0.4) is 0 Å². The van der Waals surface area contributed by atoms with E-state index < -0.39 is 0 Å². The van der Waals surface area contributed by atoms with Crippen molar-refractivity contribution >= 4 is 0 Å². The first kappa shape index (κ1) is 11.8. The van der Waals surface area contributed by atoms with E-state index in [9.17, 15) is 0 Å². The minimum absolute atomic E-state index is 0.709. The van der Waals surface area contributed by atoms with Crippen molar-refractivity contribution in [2.24, 2.45) is 0 Å². The lowest BCUT2D eigenvalue weighted by Crippen LogP contribution is -1.92. The highest BCUT2D eigenvalue weighted by Crippen LogP contribution is 2.29. The van der Waals surface area contributed by atoms with Crippen molar-refractivity contribution in [1.29, 1.82) is 0 Å². The first-order chi connectivity index (χ1) is 8.11. The standard InChI is InChI=1S/C15H19NO/c1-5-17-13-6-7-14(10(2)8-13)15-9-11(3)16-12(15)4/h6-9,16H,5H2,1-4H3. The molecule has 0 aliphatic rings. The van der Waals surface area contributed by atoms with Crippen molar-refractivity contribution in [3.05, 3.63) is 41.2 Å². The number of hydrogen-bond donors (Lipinski definition) is 1. The van der Waals surface area contributed by atoms with E-state index in [4.69, 9.17) is 4.74 Å². The Morgan fingerprint density at radius 2 is 1.82 bits per heavy atom. The van der Waals surface area contributed by atoms with Crippen molar-refractivity contribution in [2.45, 2.75) is 27.7 Å². The van der Waals surface area contributed by atoms with E-state index in [0.29, 0.717) is 6.61 Å². The van der Waals surface area contributed by atoms with Crippen LogP contribution in [-0.4, -0.2) is 11.6 Å². The van der Waals surface area contributed by atoms with E-state index >= 15 is 0 Å². The lowest BCUT2D eigenvalue weighted by Gasteiger charge is -2.08. The van der Waals surface area contributed by atoms with Crippen LogP contribution in [-0.2, 0) is 0 Å². The molecule has 0 amide bonds. The summed E-state index contributed by atoms with van der Waals surface area (Å²) < 4.78 is 5.51. The van der Waals surface area contributed by atoms with Crippen LogP contribution < -0.4 is 4.74 Å². The van der Waals surface area contributed by atoms with E-state index in [1.165, 1.54) is 28.1 Å². The van der Waals surface area contributed by atoms with Gasteiger partial charge in [-0.25, -0.2) is 0 Å². The van der Waals surface area contributed by atoms with Gasteiger partial charge in [0.2, 0.25) is 0 Å². The molecule has 0 spiro atoms. The second-order valence-corrected chi connectivity index (χ2v) is 4.40. The largest absolute Gasteiger partial charge is 0.494 e. The minimum Gasteiger partial charge on any atom is -0.494 e. The fourth-order valence-corrected chi connectivity index (χ4v) is 2.20. The minimum atomic E-state index is 0.709. The number of aryl methyl sites for hydroxylation is 3. The van der Waals surface area contributed by atoms with Gasteiger partial charge in [0.1, 0.15) is 5.75 Å². The quantitative estimate of drug-likeness (QED) is 0.845. The van der Waals surface area contributed by atoms with Crippen molar-refractivity contribution in [1.82, 2.24) is 4.98 Å². The Hall–Kier alpha value is -1.70. The third kappa shape index (κ3) is 2.36. The molecular formula is C15H19NO. The number of ether oxygens (including phenoxy) is 1. The normalized spacial score (nSPS) is 10.6. The predicted octanol–water partition coefficient (Wildman–Crippen LogP) is 4.01. The Morgan fingerprint density at radius 3 is 2.35 bits per heavy atom. The predicted molar refractivity (Wildman–Crippen MR) is 71.6 cm³/mol. The van der Waals surface area contributed by atoms with Crippen molar-refractivity contribution in [3.63, 3.8) is 0 Å². The third-order valence-electron chi connectivity index (χ3n) is 2.95. The number of nitrogens with one attached hydrogen (secondary N) is 1. The number of aromatic amines is 1. The molecule has 90 valence electrons. The molecule has 0 unspecified atom stereocenters. The summed E-state index contributed by atoms with van der Waals surface area (Å²) in [6.07, 6.45) is 0. The average Bonchev–Trinajstić information content (AvgIpc) is 2.58. The van der Waals surface area contributed by atoms with Crippen molar-refractivity contribution in [2.75, 3.05) is 6.61 Å². The molecule has 2 heteroatoms. The van der Waals surface area contributed by atoms with Gasteiger partial charge in [-0.1, -0.05) is 6.07 Å². The number of hydrogen-bond acceptors (Lipinski definition) is 1. The van der Waals surface area contributed by atoms with Gasteiger partial charge in [-0.3, -0.25) is 0 Å². The molecule has 17 heavy (non-hydrogen) atoms. The van der Waals surface area contributed by atoms with Gasteiger partial charge in [-0.2, -0.15) is 0 Å². The average molecular weight is 229 g/mol. The maximum absolute atomic E-state index is 5.51. The topological polar surface area (TPSA) is 25.0 Å². The monoisotopic (exact) mass is 229 g/mol. The molecule has 0 saturated heterocycles. The van der Waals surface area contributed by atoms with Gasteiger partial charge >= 0.3 is 0 Å². The Balaban J connectivity index is 2.43. The zero-order chi connectivity index (χ0) is 12.4. The summed E-state index contributed by atoms with van der Waals surface area (Å²) in [6, 6.07) is 8.46. The first-order valence-electron chi connectivity index (χ1n) is 6.02. The van der Waals surface area contributed by atoms with E-state index in [0.717, 1.165) is 5.75 Å². The molecule has 1 N–H and O–H groups in total. The Bertz CT molecular complexity index is 526. The second kappa shape index (κ2) is 4.66. The van der Waals surface area contributed by atoms with E-state index in [1.807, 2.05) is 13.0 Å². The summed E-state index contributed by atoms with van der Waals surface area (Å²) >= 11 is 0. The zero-order valence-corrected chi connectivity index (χ0v) is 10.9. The molecule has 0 atom stereocenters. The highest BCUT2D eigenvalue weighted by atomic mass is 16.5. The molecule has 2 aromatic rings. The van der Waals surface area contributed by atoms with Gasteiger partial charge in [-0.05, 0) is 57.0 Å². The summed E-state index contributed by atoms with van der Waals surface area (Å²) in [6.45, 7) is 9.03. The second-order valence-electron chi connectivity index (χ2n) is 4.40. The molecule has 0 bridgehead atoms. The number of rotatable bonds is 3. The van der Waals surface area contributed by atoms with Crippen LogP contribution in [0, 0.1) is 20.8 Å². The lowest BCUT2D eigenvalue weighted by molar-refractivity contribution is 0.340. The van der Waals surface area contributed by atoms with Gasteiger partial charge in [0.05, 0.1) is 6.61 Å². The van der Waals surface area contributed by atoms with Crippen LogP contribution >= 0.6 is 0 Å². The zero-order valence-electron chi connectivity index (χ0n) is 10.9. The van der Waals surface area contributed by atoms with E-state index in [2.05, 4.69) is 44.0 Å². The number of benzene rings is 1. The van der Waals surface area contributed by atoms with Gasteiger partial charge in [0.15, 0.2) is 0 Å². The summed E-state index contributed by atoms with van der Waals surface area (Å²) in [4.78, 5) is 3.34. The smallest absolute Gasteiger partial charge is 0.119 e. The highest BCUT2D eigenvalue weighted by molar-refractivity contribution is 5.71. The van der Waals surface area contributed by atoms with Gasteiger partial charge in [0, 0.05) is 17.0 Å².